The van der Waals surface area contributed by atoms with Crippen LogP contribution >= 0.6 is 0 Å². The van der Waals surface area contributed by atoms with Gasteiger partial charge >= 0.3 is 5.97 Å². The molecule has 0 atom stereocenters. The third-order valence-electron chi connectivity index (χ3n) is 4.71. The summed E-state index contributed by atoms with van der Waals surface area (Å²) in [5.41, 5.74) is 3.71. The Morgan fingerprint density at radius 3 is 2.65 bits per heavy atom. The second kappa shape index (κ2) is 5.72. The van der Waals surface area contributed by atoms with E-state index in [0.717, 1.165) is 24.0 Å². The highest BCUT2D eigenvalue weighted by Gasteiger charge is 2.32. The third kappa shape index (κ3) is 2.39. The normalized spacial score (nSPS) is 14.0. The minimum absolute atomic E-state index is 0.124. The SMILES string of the molecule is C=C(O)n1c(C2CC2)nc2c(C(=O)OC)cc(-c3c(C)noc3C)cc21. The predicted molar refractivity (Wildman–Crippen MR) is 96.0 cm³/mol. The molecule has 1 aromatic carbocycles. The van der Waals surface area contributed by atoms with E-state index in [2.05, 4.69) is 16.7 Å². The highest BCUT2D eigenvalue weighted by Crippen LogP contribution is 2.42. The summed E-state index contributed by atoms with van der Waals surface area (Å²) in [5.74, 6) is 1.02. The first-order valence-corrected chi connectivity index (χ1v) is 8.38. The zero-order valence-corrected chi connectivity index (χ0v) is 14.9. The van der Waals surface area contributed by atoms with Crippen molar-refractivity contribution >= 4 is 22.9 Å². The molecule has 134 valence electrons. The molecule has 0 amide bonds. The van der Waals surface area contributed by atoms with Gasteiger partial charge in [0.25, 0.3) is 0 Å². The molecule has 0 unspecified atom stereocenters. The van der Waals surface area contributed by atoms with Crippen LogP contribution in [0, 0.1) is 13.8 Å². The summed E-state index contributed by atoms with van der Waals surface area (Å²) in [6, 6.07) is 3.60. The molecule has 3 aromatic rings. The Balaban J connectivity index is 2.08. The lowest BCUT2D eigenvalue weighted by Gasteiger charge is -2.09. The fourth-order valence-corrected chi connectivity index (χ4v) is 3.39. The fourth-order valence-electron chi connectivity index (χ4n) is 3.39. The van der Waals surface area contributed by atoms with Gasteiger partial charge in [0.15, 0.2) is 5.88 Å². The van der Waals surface area contributed by atoms with Crippen LogP contribution in [0.4, 0.5) is 0 Å². The minimum atomic E-state index is -0.487. The molecule has 1 fully saturated rings. The van der Waals surface area contributed by atoms with Gasteiger partial charge in [0.05, 0.1) is 23.9 Å². The van der Waals surface area contributed by atoms with Crippen molar-refractivity contribution in [3.05, 3.63) is 41.6 Å². The molecular weight excluding hydrogens is 334 g/mol. The molecule has 0 bridgehead atoms. The van der Waals surface area contributed by atoms with Crippen LogP contribution in [0.15, 0.2) is 23.2 Å². The summed E-state index contributed by atoms with van der Waals surface area (Å²) in [7, 11) is 1.33. The first kappa shape index (κ1) is 16.4. The molecule has 7 nitrogen and oxygen atoms in total. The van der Waals surface area contributed by atoms with E-state index in [1.807, 2.05) is 19.9 Å². The Morgan fingerprint density at radius 1 is 1.38 bits per heavy atom. The van der Waals surface area contributed by atoms with Gasteiger partial charge in [-0.05, 0) is 51.0 Å². The minimum Gasteiger partial charge on any atom is -0.495 e. The van der Waals surface area contributed by atoms with Gasteiger partial charge in [-0.25, -0.2) is 9.78 Å². The van der Waals surface area contributed by atoms with Gasteiger partial charge in [-0.15, -0.1) is 0 Å². The molecule has 1 saturated carbocycles. The predicted octanol–water partition coefficient (Wildman–Crippen LogP) is 3.96. The molecule has 7 heteroatoms. The first-order valence-electron chi connectivity index (χ1n) is 8.38. The first-order chi connectivity index (χ1) is 12.4. The Labute approximate surface area is 149 Å². The quantitative estimate of drug-likeness (QED) is 0.564. The van der Waals surface area contributed by atoms with E-state index in [1.54, 1.807) is 10.6 Å². The van der Waals surface area contributed by atoms with Crippen molar-refractivity contribution in [2.24, 2.45) is 0 Å². The van der Waals surface area contributed by atoms with Gasteiger partial charge in [-0.3, -0.25) is 4.57 Å². The summed E-state index contributed by atoms with van der Waals surface area (Å²) in [5, 5.41) is 14.2. The number of hydrogen-bond donors (Lipinski definition) is 1. The molecule has 4 rings (SSSR count). The molecule has 1 N–H and O–H groups in total. The van der Waals surface area contributed by atoms with Crippen molar-refractivity contribution in [1.82, 2.24) is 14.7 Å². The number of carbonyl (C=O) groups excluding carboxylic acids is 1. The standard InChI is InChI=1S/C19H19N3O4/c1-9-16(10(2)26-21-9)13-7-14(19(24)25-4)17-15(8-13)22(11(3)23)18(20-17)12-5-6-12/h7-8,12,23H,3,5-6H2,1-2,4H3. The largest absolute Gasteiger partial charge is 0.495 e. The van der Waals surface area contributed by atoms with Crippen LogP contribution in [0.25, 0.3) is 28.0 Å². The van der Waals surface area contributed by atoms with E-state index in [-0.39, 0.29) is 11.8 Å². The summed E-state index contributed by atoms with van der Waals surface area (Å²) in [6.07, 6.45) is 2.00. The van der Waals surface area contributed by atoms with Gasteiger partial charge in [-0.1, -0.05) is 5.16 Å². The van der Waals surface area contributed by atoms with Crippen LogP contribution in [0.1, 0.15) is 46.4 Å². The van der Waals surface area contributed by atoms with Gasteiger partial charge in [0, 0.05) is 11.5 Å². The second-order valence-electron chi connectivity index (χ2n) is 6.58. The van der Waals surface area contributed by atoms with E-state index in [4.69, 9.17) is 9.26 Å². The number of aliphatic hydroxyl groups excluding tert-OH is 1. The number of methoxy groups -OCH3 is 1. The Bertz CT molecular complexity index is 1040. The lowest BCUT2D eigenvalue weighted by atomic mass is 10.0. The van der Waals surface area contributed by atoms with Crippen LogP contribution < -0.4 is 0 Å². The Morgan fingerprint density at radius 2 is 2.12 bits per heavy atom. The Kier molecular flexibility index (Phi) is 3.61. The van der Waals surface area contributed by atoms with E-state index >= 15 is 0 Å². The average Bonchev–Trinajstić information content (AvgIpc) is 3.30. The highest BCUT2D eigenvalue weighted by atomic mass is 16.5. The van der Waals surface area contributed by atoms with Gasteiger partial charge in [-0.2, -0.15) is 0 Å². The maximum atomic E-state index is 12.4. The molecule has 26 heavy (non-hydrogen) atoms. The maximum absolute atomic E-state index is 12.4. The topological polar surface area (TPSA) is 90.4 Å². The smallest absolute Gasteiger partial charge is 0.340 e. The van der Waals surface area contributed by atoms with Crippen LogP contribution in [-0.2, 0) is 4.74 Å². The van der Waals surface area contributed by atoms with Crippen molar-refractivity contribution in [2.45, 2.75) is 32.6 Å². The lowest BCUT2D eigenvalue weighted by molar-refractivity contribution is 0.0603. The van der Waals surface area contributed by atoms with Crippen molar-refractivity contribution in [1.29, 1.82) is 0 Å². The van der Waals surface area contributed by atoms with E-state index < -0.39 is 5.97 Å². The number of nitrogens with zero attached hydrogens (tertiary/aromatic N) is 3. The molecule has 0 aliphatic heterocycles. The molecule has 2 aromatic heterocycles. The van der Waals surface area contributed by atoms with Gasteiger partial charge in [0.1, 0.15) is 17.1 Å². The average molecular weight is 353 g/mol. The zero-order valence-electron chi connectivity index (χ0n) is 14.9. The maximum Gasteiger partial charge on any atom is 0.340 e. The second-order valence-corrected chi connectivity index (χ2v) is 6.58. The summed E-state index contributed by atoms with van der Waals surface area (Å²) < 4.78 is 11.8. The number of aryl methyl sites for hydroxylation is 2. The van der Waals surface area contributed by atoms with Crippen LogP contribution in [0.5, 0.6) is 0 Å². The van der Waals surface area contributed by atoms with E-state index in [0.29, 0.717) is 33.9 Å². The van der Waals surface area contributed by atoms with Gasteiger partial charge < -0.3 is 14.4 Å². The van der Waals surface area contributed by atoms with Crippen molar-refractivity contribution in [2.75, 3.05) is 7.11 Å². The van der Waals surface area contributed by atoms with Crippen LogP contribution in [0.3, 0.4) is 0 Å². The van der Waals surface area contributed by atoms with Crippen LogP contribution in [-0.4, -0.2) is 32.9 Å². The number of rotatable bonds is 4. The number of hydrogen-bond acceptors (Lipinski definition) is 6. The number of imidazole rings is 1. The number of carbonyl (C=O) groups is 1. The van der Waals surface area contributed by atoms with Gasteiger partial charge in [0.2, 0.25) is 0 Å². The molecule has 1 aliphatic carbocycles. The highest BCUT2D eigenvalue weighted by molar-refractivity contribution is 6.05. The molecular formula is C19H19N3O4. The van der Waals surface area contributed by atoms with Crippen molar-refractivity contribution in [3.63, 3.8) is 0 Å². The Hall–Kier alpha value is -3.09. The molecule has 0 saturated heterocycles. The monoisotopic (exact) mass is 353 g/mol. The molecule has 1 aliphatic rings. The third-order valence-corrected chi connectivity index (χ3v) is 4.71. The summed E-state index contributed by atoms with van der Waals surface area (Å²) in [4.78, 5) is 17.0. The van der Waals surface area contributed by atoms with E-state index in [9.17, 15) is 9.90 Å². The van der Waals surface area contributed by atoms with Crippen molar-refractivity contribution < 1.29 is 19.2 Å². The van der Waals surface area contributed by atoms with Crippen molar-refractivity contribution in [3.8, 4) is 11.1 Å². The number of aromatic nitrogens is 3. The molecule has 0 spiro atoms. The number of ether oxygens (including phenoxy) is 1. The zero-order chi connectivity index (χ0) is 18.6. The lowest BCUT2D eigenvalue weighted by Crippen LogP contribution is -2.04. The number of benzene rings is 1. The summed E-state index contributed by atoms with van der Waals surface area (Å²) >= 11 is 0. The van der Waals surface area contributed by atoms with Crippen LogP contribution in [0.2, 0.25) is 0 Å². The fraction of sp³-hybridized carbons (Fsp3) is 0.316. The summed E-state index contributed by atoms with van der Waals surface area (Å²) in [6.45, 7) is 7.33. The van der Waals surface area contributed by atoms with E-state index in [1.165, 1.54) is 7.11 Å². The molecule has 0 radical (unpaired) electrons. The molecule has 2 heterocycles. The number of fused-ring (bicyclic) bond motifs is 1. The number of aliphatic hydroxyl groups is 1. The number of esters is 1.